The standard InChI is InChI=1S/C23H37N5O2/c1-3-30-23(29)28-15-11-21(12-16-28)26-22(24-2)25-17-20-10-14-27(18-20)13-9-19-7-5-4-6-8-19/h4-8,20-21H,3,9-18H2,1-2H3,(H2,24,25,26). The third kappa shape index (κ3) is 6.90. The Balaban J connectivity index is 1.32. The van der Waals surface area contributed by atoms with Crippen molar-refractivity contribution in [1.29, 1.82) is 0 Å². The van der Waals surface area contributed by atoms with Crippen molar-refractivity contribution in [2.75, 3.05) is 52.9 Å². The molecule has 2 N–H and O–H groups in total. The second-order valence-corrected chi connectivity index (χ2v) is 8.25. The Morgan fingerprint density at radius 2 is 1.93 bits per heavy atom. The molecule has 0 radical (unpaired) electrons. The first-order chi connectivity index (χ1) is 14.7. The largest absolute Gasteiger partial charge is 0.450 e. The summed E-state index contributed by atoms with van der Waals surface area (Å²) in [4.78, 5) is 20.6. The lowest BCUT2D eigenvalue weighted by molar-refractivity contribution is 0.0963. The van der Waals surface area contributed by atoms with E-state index in [1.54, 1.807) is 4.90 Å². The lowest BCUT2D eigenvalue weighted by Crippen LogP contribution is -2.50. The lowest BCUT2D eigenvalue weighted by atomic mass is 10.1. The van der Waals surface area contributed by atoms with Gasteiger partial charge in [0.05, 0.1) is 6.61 Å². The number of ether oxygens (including phenoxy) is 1. The van der Waals surface area contributed by atoms with Crippen molar-refractivity contribution in [3.8, 4) is 0 Å². The molecular formula is C23H37N5O2. The SMILES string of the molecule is CCOC(=O)N1CCC(NC(=NC)NCC2CCN(CCc3ccccc3)C2)CC1. The van der Waals surface area contributed by atoms with E-state index in [1.807, 2.05) is 14.0 Å². The molecule has 30 heavy (non-hydrogen) atoms. The van der Waals surface area contributed by atoms with Crippen LogP contribution in [0.15, 0.2) is 35.3 Å². The van der Waals surface area contributed by atoms with Gasteiger partial charge in [0.25, 0.3) is 0 Å². The first-order valence-electron chi connectivity index (χ1n) is 11.3. The highest BCUT2D eigenvalue weighted by Crippen LogP contribution is 2.16. The third-order valence-electron chi connectivity index (χ3n) is 6.07. The Bertz CT molecular complexity index is 673. The molecule has 7 nitrogen and oxygen atoms in total. The van der Waals surface area contributed by atoms with Gasteiger partial charge < -0.3 is 25.2 Å². The summed E-state index contributed by atoms with van der Waals surface area (Å²) in [7, 11) is 1.82. The van der Waals surface area contributed by atoms with Gasteiger partial charge in [-0.15, -0.1) is 0 Å². The number of guanidine groups is 1. The molecule has 1 atom stereocenters. The quantitative estimate of drug-likeness (QED) is 0.528. The first-order valence-corrected chi connectivity index (χ1v) is 11.3. The first kappa shape index (κ1) is 22.4. The number of rotatable bonds is 7. The second kappa shape index (κ2) is 11.8. The van der Waals surface area contributed by atoms with E-state index in [0.29, 0.717) is 18.6 Å². The van der Waals surface area contributed by atoms with E-state index < -0.39 is 0 Å². The fourth-order valence-corrected chi connectivity index (χ4v) is 4.26. The second-order valence-electron chi connectivity index (χ2n) is 8.25. The monoisotopic (exact) mass is 415 g/mol. The molecule has 0 spiro atoms. The minimum Gasteiger partial charge on any atom is -0.450 e. The van der Waals surface area contributed by atoms with Gasteiger partial charge in [0.15, 0.2) is 5.96 Å². The van der Waals surface area contributed by atoms with Crippen LogP contribution >= 0.6 is 0 Å². The summed E-state index contributed by atoms with van der Waals surface area (Å²) in [5, 5.41) is 7.04. The molecule has 0 aromatic heterocycles. The van der Waals surface area contributed by atoms with Crippen molar-refractivity contribution in [1.82, 2.24) is 20.4 Å². The summed E-state index contributed by atoms with van der Waals surface area (Å²) in [6.45, 7) is 8.13. The highest BCUT2D eigenvalue weighted by Gasteiger charge is 2.25. The molecule has 1 aromatic carbocycles. The number of piperidine rings is 1. The molecule has 2 saturated heterocycles. The number of carbonyl (C=O) groups is 1. The number of benzene rings is 1. The summed E-state index contributed by atoms with van der Waals surface area (Å²) in [5.74, 6) is 1.53. The van der Waals surface area contributed by atoms with Crippen LogP contribution in [0.25, 0.3) is 0 Å². The van der Waals surface area contributed by atoms with Crippen LogP contribution < -0.4 is 10.6 Å². The number of likely N-dealkylation sites (tertiary alicyclic amines) is 2. The summed E-state index contributed by atoms with van der Waals surface area (Å²) in [5.41, 5.74) is 1.41. The van der Waals surface area contributed by atoms with Gasteiger partial charge in [-0.25, -0.2) is 4.79 Å². The van der Waals surface area contributed by atoms with Crippen LogP contribution in [0.2, 0.25) is 0 Å². The van der Waals surface area contributed by atoms with E-state index in [4.69, 9.17) is 4.74 Å². The third-order valence-corrected chi connectivity index (χ3v) is 6.07. The van der Waals surface area contributed by atoms with Crippen molar-refractivity contribution in [3.05, 3.63) is 35.9 Å². The van der Waals surface area contributed by atoms with E-state index in [0.717, 1.165) is 57.9 Å². The molecule has 0 bridgehead atoms. The molecule has 2 heterocycles. The van der Waals surface area contributed by atoms with Crippen LogP contribution in [-0.4, -0.2) is 80.8 Å². The summed E-state index contributed by atoms with van der Waals surface area (Å²) in [6.07, 6.45) is 3.98. The average Bonchev–Trinajstić information content (AvgIpc) is 3.24. The van der Waals surface area contributed by atoms with Crippen LogP contribution in [0.3, 0.4) is 0 Å². The van der Waals surface area contributed by atoms with Crippen LogP contribution in [0.4, 0.5) is 4.79 Å². The number of carbonyl (C=O) groups excluding carboxylic acids is 1. The fraction of sp³-hybridized carbons (Fsp3) is 0.652. The maximum atomic E-state index is 11.8. The molecule has 166 valence electrons. The van der Waals surface area contributed by atoms with E-state index in [9.17, 15) is 4.79 Å². The Labute approximate surface area is 180 Å². The summed E-state index contributed by atoms with van der Waals surface area (Å²) < 4.78 is 5.09. The minimum absolute atomic E-state index is 0.198. The highest BCUT2D eigenvalue weighted by atomic mass is 16.6. The van der Waals surface area contributed by atoms with Gasteiger partial charge in [0.1, 0.15) is 0 Å². The van der Waals surface area contributed by atoms with Gasteiger partial charge >= 0.3 is 6.09 Å². The normalized spacial score (nSPS) is 20.9. The van der Waals surface area contributed by atoms with E-state index >= 15 is 0 Å². The molecule has 1 amide bonds. The molecule has 0 saturated carbocycles. The molecule has 0 aliphatic carbocycles. The van der Waals surface area contributed by atoms with Crippen LogP contribution in [0, 0.1) is 5.92 Å². The zero-order chi connectivity index (χ0) is 21.2. The predicted molar refractivity (Wildman–Crippen MR) is 121 cm³/mol. The summed E-state index contributed by atoms with van der Waals surface area (Å²) >= 11 is 0. The Morgan fingerprint density at radius 3 is 2.63 bits per heavy atom. The fourth-order valence-electron chi connectivity index (χ4n) is 4.26. The Morgan fingerprint density at radius 1 is 1.17 bits per heavy atom. The van der Waals surface area contributed by atoms with Gasteiger partial charge in [-0.05, 0) is 50.6 Å². The van der Waals surface area contributed by atoms with Crippen molar-refractivity contribution in [2.45, 2.75) is 38.6 Å². The zero-order valence-electron chi connectivity index (χ0n) is 18.5. The number of hydrogen-bond donors (Lipinski definition) is 2. The lowest BCUT2D eigenvalue weighted by Gasteiger charge is -2.32. The number of aliphatic imine (C=N–C) groups is 1. The van der Waals surface area contributed by atoms with Crippen molar-refractivity contribution >= 4 is 12.1 Å². The number of nitrogens with one attached hydrogen (secondary N) is 2. The Kier molecular flexibility index (Phi) is 8.81. The molecule has 7 heteroatoms. The van der Waals surface area contributed by atoms with Gasteiger partial charge in [-0.3, -0.25) is 4.99 Å². The number of amides is 1. The maximum absolute atomic E-state index is 11.8. The van der Waals surface area contributed by atoms with E-state index in [2.05, 4.69) is 50.9 Å². The molecule has 1 unspecified atom stereocenters. The molecular weight excluding hydrogens is 378 g/mol. The van der Waals surface area contributed by atoms with Crippen molar-refractivity contribution < 1.29 is 9.53 Å². The molecule has 3 rings (SSSR count). The minimum atomic E-state index is -0.198. The predicted octanol–water partition coefficient (Wildman–Crippen LogP) is 2.34. The maximum Gasteiger partial charge on any atom is 0.409 e. The van der Waals surface area contributed by atoms with Gasteiger partial charge in [0, 0.05) is 45.8 Å². The smallest absolute Gasteiger partial charge is 0.409 e. The topological polar surface area (TPSA) is 69.2 Å². The molecule has 2 aliphatic heterocycles. The summed E-state index contributed by atoms with van der Waals surface area (Å²) in [6, 6.07) is 11.1. The van der Waals surface area contributed by atoms with Crippen LogP contribution in [0.1, 0.15) is 31.7 Å². The van der Waals surface area contributed by atoms with Crippen molar-refractivity contribution in [3.63, 3.8) is 0 Å². The van der Waals surface area contributed by atoms with Crippen LogP contribution in [-0.2, 0) is 11.2 Å². The highest BCUT2D eigenvalue weighted by molar-refractivity contribution is 5.80. The molecule has 2 fully saturated rings. The van der Waals surface area contributed by atoms with E-state index in [-0.39, 0.29) is 6.09 Å². The van der Waals surface area contributed by atoms with Crippen molar-refractivity contribution in [2.24, 2.45) is 10.9 Å². The average molecular weight is 416 g/mol. The molecule has 2 aliphatic rings. The van der Waals surface area contributed by atoms with E-state index in [1.165, 1.54) is 18.5 Å². The number of nitrogens with zero attached hydrogens (tertiary/aromatic N) is 3. The zero-order valence-corrected chi connectivity index (χ0v) is 18.5. The van der Waals surface area contributed by atoms with Gasteiger partial charge in [-0.2, -0.15) is 0 Å². The molecule has 1 aromatic rings. The van der Waals surface area contributed by atoms with Gasteiger partial charge in [-0.1, -0.05) is 30.3 Å². The van der Waals surface area contributed by atoms with Crippen LogP contribution in [0.5, 0.6) is 0 Å². The Hall–Kier alpha value is -2.28. The van der Waals surface area contributed by atoms with Gasteiger partial charge in [0.2, 0.25) is 0 Å². The number of hydrogen-bond acceptors (Lipinski definition) is 4.